The van der Waals surface area contributed by atoms with Crippen LogP contribution < -0.4 is 15.4 Å². The standard InChI is InChI=1S/C22H25Cl2N3O3/c1-30-20-7-3-2-6-16(20)19(27-10-4-5-11-27)13-25-21(28)14-26-22(29)15-8-9-17(23)18(24)12-15/h2-3,6-9,12,19H,4-5,10-11,13-14H2,1H3,(H,25,28)(H,26,29)/t19-/m1/s1. The molecule has 1 aliphatic rings. The summed E-state index contributed by atoms with van der Waals surface area (Å²) in [5.74, 6) is 0.156. The minimum Gasteiger partial charge on any atom is -0.496 e. The highest BCUT2D eigenvalue weighted by Crippen LogP contribution is 2.31. The summed E-state index contributed by atoms with van der Waals surface area (Å²) >= 11 is 11.8. The number of likely N-dealkylation sites (tertiary alicyclic amines) is 1. The smallest absolute Gasteiger partial charge is 0.251 e. The van der Waals surface area contributed by atoms with Gasteiger partial charge in [-0.1, -0.05) is 41.4 Å². The first kappa shape index (κ1) is 22.4. The van der Waals surface area contributed by atoms with Crippen LogP contribution in [0.3, 0.4) is 0 Å². The van der Waals surface area contributed by atoms with Gasteiger partial charge in [0.1, 0.15) is 5.75 Å². The Balaban J connectivity index is 1.59. The number of halogens is 2. The summed E-state index contributed by atoms with van der Waals surface area (Å²) in [7, 11) is 1.65. The quantitative estimate of drug-likeness (QED) is 0.644. The number of hydrogen-bond donors (Lipinski definition) is 2. The van der Waals surface area contributed by atoms with Gasteiger partial charge in [-0.3, -0.25) is 14.5 Å². The van der Waals surface area contributed by atoms with Crippen LogP contribution in [-0.4, -0.2) is 50.0 Å². The van der Waals surface area contributed by atoms with Gasteiger partial charge in [-0.25, -0.2) is 0 Å². The van der Waals surface area contributed by atoms with Crippen molar-refractivity contribution in [1.29, 1.82) is 0 Å². The van der Waals surface area contributed by atoms with Crippen LogP contribution >= 0.6 is 23.2 Å². The third-order valence-corrected chi connectivity index (χ3v) is 5.90. The highest BCUT2D eigenvalue weighted by atomic mass is 35.5. The first-order valence-corrected chi connectivity index (χ1v) is 10.6. The Kier molecular flexibility index (Phi) is 7.96. The molecule has 1 fully saturated rings. The van der Waals surface area contributed by atoms with Gasteiger partial charge in [0, 0.05) is 17.7 Å². The summed E-state index contributed by atoms with van der Waals surface area (Å²) in [6.07, 6.45) is 2.28. The molecule has 8 heteroatoms. The van der Waals surface area contributed by atoms with Gasteiger partial charge in [0.2, 0.25) is 5.91 Å². The zero-order valence-electron chi connectivity index (χ0n) is 16.8. The molecule has 1 atom stereocenters. The third kappa shape index (κ3) is 5.65. The second kappa shape index (κ2) is 10.7. The number of para-hydroxylation sites is 1. The van der Waals surface area contributed by atoms with Crippen molar-refractivity contribution >= 4 is 35.0 Å². The number of rotatable bonds is 8. The van der Waals surface area contributed by atoms with Gasteiger partial charge in [0.15, 0.2) is 0 Å². The molecule has 160 valence electrons. The van der Waals surface area contributed by atoms with E-state index in [0.717, 1.165) is 37.2 Å². The Labute approximate surface area is 186 Å². The highest BCUT2D eigenvalue weighted by molar-refractivity contribution is 6.42. The van der Waals surface area contributed by atoms with Gasteiger partial charge >= 0.3 is 0 Å². The van der Waals surface area contributed by atoms with Crippen LogP contribution in [0, 0.1) is 0 Å². The summed E-state index contributed by atoms with van der Waals surface area (Å²) in [5.41, 5.74) is 1.39. The molecule has 1 heterocycles. The van der Waals surface area contributed by atoms with Crippen LogP contribution in [0.4, 0.5) is 0 Å². The van der Waals surface area contributed by atoms with Gasteiger partial charge in [-0.15, -0.1) is 0 Å². The fourth-order valence-corrected chi connectivity index (χ4v) is 3.90. The molecule has 30 heavy (non-hydrogen) atoms. The molecule has 0 aromatic heterocycles. The van der Waals surface area contributed by atoms with Crippen LogP contribution in [0.1, 0.15) is 34.8 Å². The Morgan fingerprint density at radius 1 is 1.07 bits per heavy atom. The van der Waals surface area contributed by atoms with Gasteiger partial charge in [-0.05, 0) is 50.2 Å². The summed E-state index contributed by atoms with van der Waals surface area (Å²) in [6.45, 7) is 2.26. The Morgan fingerprint density at radius 3 is 2.50 bits per heavy atom. The van der Waals surface area contributed by atoms with Crippen LogP contribution in [0.15, 0.2) is 42.5 Å². The van der Waals surface area contributed by atoms with E-state index in [4.69, 9.17) is 27.9 Å². The molecule has 2 aromatic rings. The van der Waals surface area contributed by atoms with Gasteiger partial charge in [0.25, 0.3) is 5.91 Å². The maximum absolute atomic E-state index is 12.4. The van der Waals surface area contributed by atoms with Crippen molar-refractivity contribution in [2.75, 3.05) is 33.3 Å². The van der Waals surface area contributed by atoms with E-state index in [1.54, 1.807) is 19.2 Å². The topological polar surface area (TPSA) is 70.7 Å². The van der Waals surface area contributed by atoms with Crippen molar-refractivity contribution in [2.45, 2.75) is 18.9 Å². The van der Waals surface area contributed by atoms with E-state index >= 15 is 0 Å². The lowest BCUT2D eigenvalue weighted by molar-refractivity contribution is -0.120. The number of hydrogen-bond acceptors (Lipinski definition) is 4. The molecule has 0 aliphatic carbocycles. The average molecular weight is 450 g/mol. The molecule has 6 nitrogen and oxygen atoms in total. The van der Waals surface area contributed by atoms with Gasteiger partial charge in [-0.2, -0.15) is 0 Å². The lowest BCUT2D eigenvalue weighted by Crippen LogP contribution is -2.41. The zero-order chi connectivity index (χ0) is 21.5. The van der Waals surface area contributed by atoms with E-state index in [1.807, 2.05) is 24.3 Å². The normalized spacial score (nSPS) is 14.9. The molecule has 0 bridgehead atoms. The number of ether oxygens (including phenoxy) is 1. The molecule has 3 rings (SSSR count). The summed E-state index contributed by atoms with van der Waals surface area (Å²) < 4.78 is 5.52. The van der Waals surface area contributed by atoms with Crippen molar-refractivity contribution in [2.24, 2.45) is 0 Å². The fraction of sp³-hybridized carbons (Fsp3) is 0.364. The lowest BCUT2D eigenvalue weighted by atomic mass is 10.0. The first-order chi connectivity index (χ1) is 14.5. The minimum atomic E-state index is -0.385. The molecule has 2 N–H and O–H groups in total. The van der Waals surface area contributed by atoms with E-state index in [2.05, 4.69) is 15.5 Å². The average Bonchev–Trinajstić information content (AvgIpc) is 3.29. The number of carbonyl (C=O) groups excluding carboxylic acids is 2. The number of nitrogens with one attached hydrogen (secondary N) is 2. The first-order valence-electron chi connectivity index (χ1n) is 9.86. The maximum atomic E-state index is 12.4. The van der Waals surface area contributed by atoms with Crippen LogP contribution in [0.2, 0.25) is 10.0 Å². The Hall–Kier alpha value is -2.28. The summed E-state index contributed by atoms with van der Waals surface area (Å²) in [4.78, 5) is 27.0. The minimum absolute atomic E-state index is 0.0124. The van der Waals surface area contributed by atoms with Crippen LogP contribution in [0.5, 0.6) is 5.75 Å². The number of amides is 2. The predicted molar refractivity (Wildman–Crippen MR) is 118 cm³/mol. The van der Waals surface area contributed by atoms with Crippen LogP contribution in [0.25, 0.3) is 0 Å². The predicted octanol–water partition coefficient (Wildman–Crippen LogP) is 3.69. The molecule has 2 amide bonds. The van der Waals surface area contributed by atoms with Gasteiger partial charge in [0.05, 0.1) is 29.7 Å². The van der Waals surface area contributed by atoms with Crippen molar-refractivity contribution in [3.8, 4) is 5.75 Å². The van der Waals surface area contributed by atoms with E-state index in [9.17, 15) is 9.59 Å². The fourth-order valence-electron chi connectivity index (χ4n) is 3.60. The lowest BCUT2D eigenvalue weighted by Gasteiger charge is -2.29. The molecule has 1 aliphatic heterocycles. The number of benzene rings is 2. The van der Waals surface area contributed by atoms with Gasteiger partial charge < -0.3 is 15.4 Å². The largest absolute Gasteiger partial charge is 0.496 e. The molecular weight excluding hydrogens is 425 g/mol. The molecule has 0 saturated carbocycles. The molecule has 0 spiro atoms. The molecule has 0 unspecified atom stereocenters. The van der Waals surface area contributed by atoms with Crippen LogP contribution in [-0.2, 0) is 4.79 Å². The van der Waals surface area contributed by atoms with Crippen molar-refractivity contribution in [3.63, 3.8) is 0 Å². The number of carbonyl (C=O) groups is 2. The molecule has 1 saturated heterocycles. The van der Waals surface area contributed by atoms with Crippen molar-refractivity contribution < 1.29 is 14.3 Å². The monoisotopic (exact) mass is 449 g/mol. The highest BCUT2D eigenvalue weighted by Gasteiger charge is 2.26. The maximum Gasteiger partial charge on any atom is 0.251 e. The van der Waals surface area contributed by atoms with E-state index in [1.165, 1.54) is 6.07 Å². The van der Waals surface area contributed by atoms with Crippen molar-refractivity contribution in [3.05, 3.63) is 63.6 Å². The third-order valence-electron chi connectivity index (χ3n) is 5.16. The van der Waals surface area contributed by atoms with Crippen molar-refractivity contribution in [1.82, 2.24) is 15.5 Å². The second-order valence-electron chi connectivity index (χ2n) is 7.12. The molecule has 2 aromatic carbocycles. The second-order valence-corrected chi connectivity index (χ2v) is 7.93. The number of nitrogens with zero attached hydrogens (tertiary/aromatic N) is 1. The Morgan fingerprint density at radius 2 is 1.80 bits per heavy atom. The Bertz CT molecular complexity index is 901. The van der Waals surface area contributed by atoms with E-state index < -0.39 is 0 Å². The molecular formula is C22H25Cl2N3O3. The molecule has 0 radical (unpaired) electrons. The van der Waals surface area contributed by atoms with E-state index in [0.29, 0.717) is 22.2 Å². The van der Waals surface area contributed by atoms with E-state index in [-0.39, 0.29) is 24.4 Å². The SMILES string of the molecule is COc1ccccc1[C@@H](CNC(=O)CNC(=O)c1ccc(Cl)c(Cl)c1)N1CCCC1. The summed E-state index contributed by atoms with van der Waals surface area (Å²) in [6, 6.07) is 12.5. The number of methoxy groups -OCH3 is 1. The zero-order valence-corrected chi connectivity index (χ0v) is 18.3. The summed E-state index contributed by atoms with van der Waals surface area (Å²) in [5, 5.41) is 6.21.